The van der Waals surface area contributed by atoms with E-state index in [2.05, 4.69) is 20.4 Å². The summed E-state index contributed by atoms with van der Waals surface area (Å²) in [6, 6.07) is 3.76. The Morgan fingerprint density at radius 1 is 1.27 bits per heavy atom. The molecule has 1 N–H and O–H groups in total. The second-order valence-corrected chi connectivity index (χ2v) is 8.13. The molecular formula is C20H22ClN5O3S. The Balaban J connectivity index is 1.40. The van der Waals surface area contributed by atoms with Crippen LogP contribution in [0, 0.1) is 13.8 Å². The van der Waals surface area contributed by atoms with Gasteiger partial charge in [0.2, 0.25) is 11.1 Å². The van der Waals surface area contributed by atoms with Crippen LogP contribution in [0.15, 0.2) is 17.3 Å². The molecule has 1 amide bonds. The number of aryl methyl sites for hydroxylation is 2. The average Bonchev–Trinajstić information content (AvgIpc) is 3.14. The van der Waals surface area contributed by atoms with Crippen molar-refractivity contribution in [3.05, 3.63) is 39.7 Å². The molecular weight excluding hydrogens is 426 g/mol. The van der Waals surface area contributed by atoms with Crippen LogP contribution in [0.1, 0.15) is 22.5 Å². The summed E-state index contributed by atoms with van der Waals surface area (Å²) in [4.78, 5) is 21.4. The highest BCUT2D eigenvalue weighted by molar-refractivity contribution is 7.98. The highest BCUT2D eigenvalue weighted by Crippen LogP contribution is 2.38. The first kappa shape index (κ1) is 20.7. The molecule has 158 valence electrons. The Hall–Kier alpha value is -2.52. The molecule has 3 heterocycles. The number of benzene rings is 1. The summed E-state index contributed by atoms with van der Waals surface area (Å²) in [5, 5.41) is 8.57. The standard InChI is InChI=1S/C20H22ClN5O3S/c1-11-14(12(2)26-19(23-11)24-20(25-26)30-3)10-17(27)22-5-4-13-8-15(21)18-16(9-13)28-6-7-29-18/h8-9H,4-7,10H2,1-3H3,(H,22,27). The van der Waals surface area contributed by atoms with Crippen LogP contribution in [0.4, 0.5) is 0 Å². The summed E-state index contributed by atoms with van der Waals surface area (Å²) >= 11 is 7.74. The molecule has 0 spiro atoms. The molecule has 4 rings (SSSR count). The van der Waals surface area contributed by atoms with Crippen molar-refractivity contribution >= 4 is 35.0 Å². The molecule has 30 heavy (non-hydrogen) atoms. The van der Waals surface area contributed by atoms with E-state index in [0.29, 0.717) is 53.6 Å². The van der Waals surface area contributed by atoms with Crippen molar-refractivity contribution in [3.8, 4) is 11.5 Å². The maximum Gasteiger partial charge on any atom is 0.253 e. The van der Waals surface area contributed by atoms with Crippen LogP contribution in [-0.4, -0.2) is 51.5 Å². The molecule has 1 aliphatic heterocycles. The zero-order valence-electron chi connectivity index (χ0n) is 17.0. The van der Waals surface area contributed by atoms with Crippen LogP contribution in [0.2, 0.25) is 5.02 Å². The number of nitrogens with zero attached hydrogens (tertiary/aromatic N) is 4. The van der Waals surface area contributed by atoms with Crippen LogP contribution in [0.25, 0.3) is 5.78 Å². The van der Waals surface area contributed by atoms with Crippen LogP contribution >= 0.6 is 23.4 Å². The number of carbonyl (C=O) groups excluding carboxylic acids is 1. The van der Waals surface area contributed by atoms with Gasteiger partial charge in [0.05, 0.1) is 11.4 Å². The predicted octanol–water partition coefficient (Wildman–Crippen LogP) is 2.79. The molecule has 0 radical (unpaired) electrons. The van der Waals surface area contributed by atoms with E-state index in [4.69, 9.17) is 21.1 Å². The lowest BCUT2D eigenvalue weighted by Crippen LogP contribution is -2.28. The largest absolute Gasteiger partial charge is 0.486 e. The smallest absolute Gasteiger partial charge is 0.253 e. The summed E-state index contributed by atoms with van der Waals surface area (Å²) in [5.74, 6) is 1.71. The monoisotopic (exact) mass is 447 g/mol. The summed E-state index contributed by atoms with van der Waals surface area (Å²) < 4.78 is 12.8. The van der Waals surface area contributed by atoms with Gasteiger partial charge in [0.15, 0.2) is 11.5 Å². The number of carbonyl (C=O) groups is 1. The van der Waals surface area contributed by atoms with E-state index >= 15 is 0 Å². The third-order valence-corrected chi connectivity index (χ3v) is 5.76. The Morgan fingerprint density at radius 3 is 2.87 bits per heavy atom. The van der Waals surface area contributed by atoms with E-state index in [1.807, 2.05) is 32.2 Å². The normalized spacial score (nSPS) is 12.9. The maximum atomic E-state index is 12.5. The van der Waals surface area contributed by atoms with Gasteiger partial charge in [-0.1, -0.05) is 23.4 Å². The third kappa shape index (κ3) is 4.17. The number of amides is 1. The highest BCUT2D eigenvalue weighted by atomic mass is 35.5. The first-order valence-corrected chi connectivity index (χ1v) is 11.2. The van der Waals surface area contributed by atoms with Gasteiger partial charge in [-0.05, 0) is 44.2 Å². The lowest BCUT2D eigenvalue weighted by molar-refractivity contribution is -0.120. The minimum atomic E-state index is -0.0730. The number of halogens is 1. The second-order valence-electron chi connectivity index (χ2n) is 6.95. The van der Waals surface area contributed by atoms with Gasteiger partial charge in [0.1, 0.15) is 13.2 Å². The first-order chi connectivity index (χ1) is 14.5. The molecule has 0 saturated heterocycles. The highest BCUT2D eigenvalue weighted by Gasteiger charge is 2.18. The van der Waals surface area contributed by atoms with Crippen molar-refractivity contribution in [2.45, 2.75) is 31.8 Å². The van der Waals surface area contributed by atoms with Gasteiger partial charge in [-0.25, -0.2) is 9.50 Å². The van der Waals surface area contributed by atoms with Gasteiger partial charge in [-0.2, -0.15) is 4.98 Å². The van der Waals surface area contributed by atoms with Crippen molar-refractivity contribution < 1.29 is 14.3 Å². The quantitative estimate of drug-likeness (QED) is 0.581. The summed E-state index contributed by atoms with van der Waals surface area (Å²) in [5.41, 5.74) is 3.50. The van der Waals surface area contributed by atoms with Gasteiger partial charge < -0.3 is 14.8 Å². The molecule has 1 aliphatic rings. The lowest BCUT2D eigenvalue weighted by Gasteiger charge is -2.20. The van der Waals surface area contributed by atoms with E-state index in [9.17, 15) is 4.79 Å². The Kier molecular flexibility index (Phi) is 6.01. The van der Waals surface area contributed by atoms with Crippen molar-refractivity contribution in [1.29, 1.82) is 0 Å². The molecule has 10 heteroatoms. The fraction of sp³-hybridized carbons (Fsp3) is 0.400. The van der Waals surface area contributed by atoms with Crippen LogP contribution in [-0.2, 0) is 17.6 Å². The number of hydrogen-bond acceptors (Lipinski definition) is 7. The first-order valence-electron chi connectivity index (χ1n) is 9.58. The van der Waals surface area contributed by atoms with Gasteiger partial charge in [-0.3, -0.25) is 4.79 Å². The average molecular weight is 448 g/mol. The van der Waals surface area contributed by atoms with Crippen LogP contribution in [0.3, 0.4) is 0 Å². The molecule has 0 bridgehead atoms. The molecule has 2 aromatic heterocycles. The number of ether oxygens (including phenoxy) is 2. The third-order valence-electron chi connectivity index (χ3n) is 4.94. The van der Waals surface area contributed by atoms with Gasteiger partial charge in [0.25, 0.3) is 5.78 Å². The Labute approximate surface area is 183 Å². The molecule has 0 fully saturated rings. The van der Waals surface area contributed by atoms with Crippen molar-refractivity contribution in [2.24, 2.45) is 0 Å². The number of nitrogens with one attached hydrogen (secondary N) is 1. The molecule has 1 aromatic carbocycles. The van der Waals surface area contributed by atoms with Gasteiger partial charge >= 0.3 is 0 Å². The van der Waals surface area contributed by atoms with E-state index in [-0.39, 0.29) is 12.3 Å². The van der Waals surface area contributed by atoms with Gasteiger partial charge in [0, 0.05) is 23.5 Å². The molecule has 8 nitrogen and oxygen atoms in total. The Morgan fingerprint density at radius 2 is 2.07 bits per heavy atom. The minimum absolute atomic E-state index is 0.0730. The number of aromatic nitrogens is 4. The van der Waals surface area contributed by atoms with E-state index in [1.165, 1.54) is 11.8 Å². The Bertz CT molecular complexity index is 1120. The zero-order chi connectivity index (χ0) is 21.3. The summed E-state index contributed by atoms with van der Waals surface area (Å²) in [7, 11) is 0. The van der Waals surface area contributed by atoms with E-state index < -0.39 is 0 Å². The minimum Gasteiger partial charge on any atom is -0.486 e. The second kappa shape index (κ2) is 8.69. The number of hydrogen-bond donors (Lipinski definition) is 1. The number of rotatable bonds is 6. The SMILES string of the molecule is CSc1nc2nc(C)c(CC(=O)NCCc3cc(Cl)c4c(c3)OCCO4)c(C)n2n1. The molecule has 0 aliphatic carbocycles. The maximum absolute atomic E-state index is 12.5. The molecule has 0 unspecified atom stereocenters. The predicted molar refractivity (Wildman–Crippen MR) is 115 cm³/mol. The number of thioether (sulfide) groups is 1. The van der Waals surface area contributed by atoms with Crippen LogP contribution < -0.4 is 14.8 Å². The fourth-order valence-corrected chi connectivity index (χ4v) is 4.03. The van der Waals surface area contributed by atoms with Crippen molar-refractivity contribution in [3.63, 3.8) is 0 Å². The van der Waals surface area contributed by atoms with E-state index in [1.54, 1.807) is 4.52 Å². The van der Waals surface area contributed by atoms with Crippen LogP contribution in [0.5, 0.6) is 11.5 Å². The number of fused-ring (bicyclic) bond motifs is 2. The zero-order valence-corrected chi connectivity index (χ0v) is 18.6. The lowest BCUT2D eigenvalue weighted by atomic mass is 10.1. The van der Waals surface area contributed by atoms with Gasteiger partial charge in [-0.15, -0.1) is 5.10 Å². The summed E-state index contributed by atoms with van der Waals surface area (Å²) in [6.07, 6.45) is 2.79. The molecule has 0 saturated carbocycles. The van der Waals surface area contributed by atoms with Crippen molar-refractivity contribution in [2.75, 3.05) is 26.0 Å². The topological polar surface area (TPSA) is 90.6 Å². The van der Waals surface area contributed by atoms with E-state index in [0.717, 1.165) is 22.5 Å². The van der Waals surface area contributed by atoms with Crippen molar-refractivity contribution in [1.82, 2.24) is 24.9 Å². The molecule has 0 atom stereocenters. The fourth-order valence-electron chi connectivity index (χ4n) is 3.41. The molecule has 3 aromatic rings. The summed E-state index contributed by atoms with van der Waals surface area (Å²) in [6.45, 7) is 5.31.